The lowest BCUT2D eigenvalue weighted by Crippen LogP contribution is -2.11. The topological polar surface area (TPSA) is 94.8 Å². The highest BCUT2D eigenvalue weighted by molar-refractivity contribution is 9.10. The molecule has 0 aliphatic carbocycles. The standard InChI is InChI=1S/C11H8BrN3O3S2/c12-6-4-8-9(14-11(16)13-8)5-7(6)15-20(17,18)10-2-1-3-19-10/h1-5,15H,(H2,13,14,16). The summed E-state index contributed by atoms with van der Waals surface area (Å²) in [5.74, 6) is 0. The number of rotatable bonds is 3. The normalized spacial score (nSPS) is 11.8. The van der Waals surface area contributed by atoms with Crippen molar-refractivity contribution in [2.75, 3.05) is 4.72 Å². The van der Waals surface area contributed by atoms with Gasteiger partial charge in [-0.1, -0.05) is 6.07 Å². The average Bonchev–Trinajstić information content (AvgIpc) is 2.98. The van der Waals surface area contributed by atoms with Crippen molar-refractivity contribution in [3.8, 4) is 0 Å². The molecule has 9 heteroatoms. The number of hydrogen-bond donors (Lipinski definition) is 3. The SMILES string of the molecule is O=c1[nH]c2cc(Br)c(NS(=O)(=O)c3cccs3)cc2[nH]1. The van der Waals surface area contributed by atoms with E-state index in [1.54, 1.807) is 23.6 Å². The minimum atomic E-state index is -3.62. The molecular weight excluding hydrogens is 366 g/mol. The molecule has 0 aliphatic rings. The molecule has 1 aromatic carbocycles. The summed E-state index contributed by atoms with van der Waals surface area (Å²) in [6.45, 7) is 0. The fourth-order valence-corrected chi connectivity index (χ4v) is 4.38. The van der Waals surface area contributed by atoms with Gasteiger partial charge in [0.1, 0.15) is 4.21 Å². The molecule has 3 aromatic rings. The zero-order valence-electron chi connectivity index (χ0n) is 9.81. The van der Waals surface area contributed by atoms with Crippen molar-refractivity contribution in [2.24, 2.45) is 0 Å². The van der Waals surface area contributed by atoms with E-state index in [0.29, 0.717) is 21.2 Å². The average molecular weight is 374 g/mol. The number of halogens is 1. The predicted molar refractivity (Wildman–Crippen MR) is 81.7 cm³/mol. The van der Waals surface area contributed by atoms with Gasteiger partial charge in [0.25, 0.3) is 10.0 Å². The molecule has 3 N–H and O–H groups in total. The van der Waals surface area contributed by atoms with Crippen LogP contribution in [0.15, 0.2) is 43.1 Å². The lowest BCUT2D eigenvalue weighted by molar-refractivity contribution is 0.603. The highest BCUT2D eigenvalue weighted by Gasteiger charge is 2.17. The van der Waals surface area contributed by atoms with Gasteiger partial charge in [0.2, 0.25) is 0 Å². The van der Waals surface area contributed by atoms with Gasteiger partial charge in [-0.05, 0) is 39.5 Å². The second-order valence-corrected chi connectivity index (χ2v) is 7.71. The van der Waals surface area contributed by atoms with E-state index < -0.39 is 10.0 Å². The molecule has 0 radical (unpaired) electrons. The van der Waals surface area contributed by atoms with Crippen molar-refractivity contribution in [3.63, 3.8) is 0 Å². The molecule has 0 aliphatic heterocycles. The number of aromatic amines is 2. The summed E-state index contributed by atoms with van der Waals surface area (Å²) in [6, 6.07) is 6.39. The van der Waals surface area contributed by atoms with Crippen LogP contribution in [0, 0.1) is 0 Å². The van der Waals surface area contributed by atoms with Crippen molar-refractivity contribution < 1.29 is 8.42 Å². The van der Waals surface area contributed by atoms with E-state index in [1.807, 2.05) is 0 Å². The first kappa shape index (κ1) is 13.4. The maximum Gasteiger partial charge on any atom is 0.323 e. The first-order valence-electron chi connectivity index (χ1n) is 5.43. The van der Waals surface area contributed by atoms with Crippen molar-refractivity contribution in [2.45, 2.75) is 4.21 Å². The van der Waals surface area contributed by atoms with Crippen LogP contribution in [-0.4, -0.2) is 18.4 Å². The van der Waals surface area contributed by atoms with Gasteiger partial charge in [-0.15, -0.1) is 11.3 Å². The minimum absolute atomic E-state index is 0.229. The smallest absolute Gasteiger partial charge is 0.306 e. The van der Waals surface area contributed by atoms with Crippen LogP contribution in [0.3, 0.4) is 0 Å². The molecule has 0 atom stereocenters. The van der Waals surface area contributed by atoms with Gasteiger partial charge < -0.3 is 9.97 Å². The van der Waals surface area contributed by atoms with Crippen LogP contribution in [0.5, 0.6) is 0 Å². The molecule has 0 saturated carbocycles. The first-order valence-corrected chi connectivity index (χ1v) is 8.59. The summed E-state index contributed by atoms with van der Waals surface area (Å²) in [6.07, 6.45) is 0. The third-order valence-corrected chi connectivity index (χ3v) is 6.03. The summed E-state index contributed by atoms with van der Waals surface area (Å²) < 4.78 is 27.6. The highest BCUT2D eigenvalue weighted by atomic mass is 79.9. The molecule has 0 unspecified atom stereocenters. The number of imidazole rings is 1. The molecule has 20 heavy (non-hydrogen) atoms. The van der Waals surface area contributed by atoms with E-state index in [0.717, 1.165) is 11.3 Å². The van der Waals surface area contributed by atoms with Crippen LogP contribution in [0.25, 0.3) is 11.0 Å². The number of anilines is 1. The molecule has 2 heterocycles. The summed E-state index contributed by atoms with van der Waals surface area (Å²) in [5, 5.41) is 1.69. The summed E-state index contributed by atoms with van der Waals surface area (Å²) in [4.78, 5) is 16.4. The molecule has 6 nitrogen and oxygen atoms in total. The lowest BCUT2D eigenvalue weighted by atomic mass is 10.3. The van der Waals surface area contributed by atoms with Gasteiger partial charge in [0, 0.05) is 4.47 Å². The van der Waals surface area contributed by atoms with Crippen LogP contribution >= 0.6 is 27.3 Å². The van der Waals surface area contributed by atoms with E-state index in [-0.39, 0.29) is 9.90 Å². The monoisotopic (exact) mass is 373 g/mol. The first-order chi connectivity index (χ1) is 9.45. The minimum Gasteiger partial charge on any atom is -0.306 e. The summed E-state index contributed by atoms with van der Waals surface area (Å²) in [7, 11) is -3.62. The van der Waals surface area contributed by atoms with Crippen molar-refractivity contribution in [1.82, 2.24) is 9.97 Å². The van der Waals surface area contributed by atoms with Gasteiger partial charge in [-0.2, -0.15) is 0 Å². The molecule has 0 saturated heterocycles. The Morgan fingerprint density at radius 1 is 1.20 bits per heavy atom. The van der Waals surface area contributed by atoms with E-state index in [4.69, 9.17) is 0 Å². The maximum absolute atomic E-state index is 12.2. The molecule has 0 bridgehead atoms. The Morgan fingerprint density at radius 2 is 1.90 bits per heavy atom. The Morgan fingerprint density at radius 3 is 2.55 bits per heavy atom. The molecular formula is C11H8BrN3O3S2. The van der Waals surface area contributed by atoms with Crippen LogP contribution < -0.4 is 10.4 Å². The number of aromatic nitrogens is 2. The Hall–Kier alpha value is -1.58. The second kappa shape index (κ2) is 4.76. The van der Waals surface area contributed by atoms with E-state index in [9.17, 15) is 13.2 Å². The molecule has 0 amide bonds. The van der Waals surface area contributed by atoms with Gasteiger partial charge in [0.05, 0.1) is 16.7 Å². The lowest BCUT2D eigenvalue weighted by Gasteiger charge is -2.08. The van der Waals surface area contributed by atoms with Crippen molar-refractivity contribution in [3.05, 3.63) is 44.6 Å². The largest absolute Gasteiger partial charge is 0.323 e. The van der Waals surface area contributed by atoms with E-state index in [2.05, 4.69) is 30.6 Å². The molecule has 3 rings (SSSR count). The fraction of sp³-hybridized carbons (Fsp3) is 0. The van der Waals surface area contributed by atoms with Crippen molar-refractivity contribution >= 4 is 54.0 Å². The Kier molecular flexibility index (Phi) is 3.19. The summed E-state index contributed by atoms with van der Waals surface area (Å²) in [5.41, 5.74) is 1.15. The quantitative estimate of drug-likeness (QED) is 0.657. The van der Waals surface area contributed by atoms with Crippen LogP contribution in [0.4, 0.5) is 5.69 Å². The second-order valence-electron chi connectivity index (χ2n) is 3.99. The molecule has 0 spiro atoms. The Bertz CT molecular complexity index is 926. The third kappa shape index (κ3) is 2.39. The molecule has 104 valence electrons. The maximum atomic E-state index is 12.2. The number of nitrogens with one attached hydrogen (secondary N) is 3. The van der Waals surface area contributed by atoms with Crippen LogP contribution in [0.1, 0.15) is 0 Å². The molecule has 2 aromatic heterocycles. The number of thiophene rings is 1. The predicted octanol–water partition coefficient (Wildman–Crippen LogP) is 2.48. The Labute approximate surface area is 126 Å². The Balaban J connectivity index is 2.07. The van der Waals surface area contributed by atoms with Gasteiger partial charge in [-0.25, -0.2) is 13.2 Å². The summed E-state index contributed by atoms with van der Waals surface area (Å²) >= 11 is 4.42. The van der Waals surface area contributed by atoms with Crippen molar-refractivity contribution in [1.29, 1.82) is 0 Å². The number of fused-ring (bicyclic) bond motifs is 1. The fourth-order valence-electron chi connectivity index (χ4n) is 1.75. The van der Waals surface area contributed by atoms with Gasteiger partial charge in [-0.3, -0.25) is 4.72 Å². The van der Waals surface area contributed by atoms with Gasteiger partial charge >= 0.3 is 5.69 Å². The van der Waals surface area contributed by atoms with Crippen LogP contribution in [0.2, 0.25) is 0 Å². The van der Waals surface area contributed by atoms with E-state index in [1.165, 1.54) is 6.07 Å². The van der Waals surface area contributed by atoms with Crippen LogP contribution in [-0.2, 0) is 10.0 Å². The number of H-pyrrole nitrogens is 2. The highest BCUT2D eigenvalue weighted by Crippen LogP contribution is 2.29. The zero-order chi connectivity index (χ0) is 14.3. The van der Waals surface area contributed by atoms with E-state index >= 15 is 0 Å². The molecule has 0 fully saturated rings. The van der Waals surface area contributed by atoms with Gasteiger partial charge in [0.15, 0.2) is 0 Å². The number of benzene rings is 1. The third-order valence-electron chi connectivity index (χ3n) is 2.61. The number of hydrogen-bond acceptors (Lipinski definition) is 4. The zero-order valence-corrected chi connectivity index (χ0v) is 13.0. The number of sulfonamides is 1.